The number of benzene rings is 2. The largest absolute Gasteiger partial charge is 0.494 e. The molecule has 0 spiro atoms. The molecule has 2 aromatic heterocycles. The van der Waals surface area contributed by atoms with E-state index >= 15 is 0 Å². The number of hydrogen-bond donors (Lipinski definition) is 1. The maximum atomic E-state index is 13.1. The van der Waals surface area contributed by atoms with Gasteiger partial charge in [-0.1, -0.05) is 18.2 Å². The Balaban J connectivity index is 1.39. The molecule has 1 N–H and O–H groups in total. The fraction of sp³-hybridized carbons (Fsp3) is 0.387. The first kappa shape index (κ1) is 28.4. The average molecular weight is 586 g/mol. The number of nitro benzene ring substituents is 1. The van der Waals surface area contributed by atoms with Gasteiger partial charge in [0, 0.05) is 74.2 Å². The lowest BCUT2D eigenvalue weighted by Gasteiger charge is -2.24. The number of aromatic nitrogens is 3. The van der Waals surface area contributed by atoms with Gasteiger partial charge in [-0.05, 0) is 38.8 Å². The summed E-state index contributed by atoms with van der Waals surface area (Å²) in [5.74, 6) is 1.02. The average Bonchev–Trinajstić information content (AvgIpc) is 3.30. The highest BCUT2D eigenvalue weighted by molar-refractivity contribution is 6.03. The number of para-hydroxylation sites is 1. The van der Waals surface area contributed by atoms with Gasteiger partial charge in [-0.15, -0.1) is 0 Å². The van der Waals surface area contributed by atoms with Crippen LogP contribution in [0.5, 0.6) is 5.75 Å². The Labute approximate surface area is 249 Å². The van der Waals surface area contributed by atoms with Crippen LogP contribution in [0.15, 0.2) is 48.8 Å². The standard InChI is InChI=1S/C31H35N7O5/c1-17(2)43-30(39)19-13-32-31(34-28(19)20-16-36(4)24-10-8-7-9-18(20)24)33-23-11-26(38(40)41)25(12-27(23)42-6)37(5)29-21-14-35(3)15-22(21)29/h7-13,16-17,21-22,29H,14-15H2,1-6H3,(H,32,33,34)/t21-,22+,29?. The topological polar surface area (TPSA) is 128 Å². The second kappa shape index (κ2) is 10.8. The van der Waals surface area contributed by atoms with Crippen LogP contribution in [0.1, 0.15) is 24.2 Å². The van der Waals surface area contributed by atoms with Crippen molar-refractivity contribution in [3.05, 3.63) is 64.5 Å². The Morgan fingerprint density at radius 1 is 1.19 bits per heavy atom. The number of aryl methyl sites for hydroxylation is 1. The molecule has 2 aliphatic rings. The lowest BCUT2D eigenvalue weighted by Crippen LogP contribution is -2.31. The summed E-state index contributed by atoms with van der Waals surface area (Å²) >= 11 is 0. The van der Waals surface area contributed by atoms with Crippen LogP contribution in [-0.4, -0.2) is 76.8 Å². The molecule has 2 aromatic carbocycles. The molecular weight excluding hydrogens is 550 g/mol. The van der Waals surface area contributed by atoms with Crippen LogP contribution in [0.4, 0.5) is 23.0 Å². The molecule has 3 atom stereocenters. The van der Waals surface area contributed by atoms with Gasteiger partial charge >= 0.3 is 5.97 Å². The molecule has 12 nitrogen and oxygen atoms in total. The van der Waals surface area contributed by atoms with Crippen molar-refractivity contribution in [1.29, 1.82) is 0 Å². The third-order valence-electron chi connectivity index (χ3n) is 8.40. The van der Waals surface area contributed by atoms with E-state index in [1.165, 1.54) is 19.4 Å². The minimum atomic E-state index is -0.541. The number of methoxy groups -OCH3 is 1. The van der Waals surface area contributed by atoms with Crippen LogP contribution < -0.4 is 15.0 Å². The maximum absolute atomic E-state index is 13.1. The zero-order valence-electron chi connectivity index (χ0n) is 25.1. The van der Waals surface area contributed by atoms with Gasteiger partial charge in [0.2, 0.25) is 5.95 Å². The van der Waals surface area contributed by atoms with Crippen molar-refractivity contribution < 1.29 is 19.2 Å². The quantitative estimate of drug-likeness (QED) is 0.165. The van der Waals surface area contributed by atoms with E-state index in [1.807, 2.05) is 54.0 Å². The highest BCUT2D eigenvalue weighted by Gasteiger charge is 2.57. The molecule has 2 fully saturated rings. The van der Waals surface area contributed by atoms with Crippen LogP contribution in [-0.2, 0) is 11.8 Å². The number of hydrogen-bond acceptors (Lipinski definition) is 10. The number of nitrogens with zero attached hydrogens (tertiary/aromatic N) is 6. The molecule has 1 aliphatic heterocycles. The van der Waals surface area contributed by atoms with Crippen LogP contribution in [0.25, 0.3) is 22.2 Å². The number of carbonyl (C=O) groups is 1. The SMILES string of the molecule is COc1cc(N(C)C2[C@H]3CN(C)C[C@@H]23)c([N+](=O)[O-])cc1Nc1ncc(C(=O)OC(C)C)c(-c2cn(C)c3ccccc23)n1. The van der Waals surface area contributed by atoms with Gasteiger partial charge in [0.15, 0.2) is 0 Å². The predicted molar refractivity (Wildman–Crippen MR) is 164 cm³/mol. The van der Waals surface area contributed by atoms with Gasteiger partial charge in [0.05, 0.1) is 29.5 Å². The Bertz CT molecular complexity index is 1720. The van der Waals surface area contributed by atoms with Gasteiger partial charge in [0.1, 0.15) is 17.0 Å². The molecule has 224 valence electrons. The highest BCUT2D eigenvalue weighted by Crippen LogP contribution is 2.51. The number of anilines is 3. The fourth-order valence-electron chi connectivity index (χ4n) is 6.42. The molecule has 43 heavy (non-hydrogen) atoms. The number of likely N-dealkylation sites (tertiary alicyclic amines) is 1. The van der Waals surface area contributed by atoms with Crippen molar-refractivity contribution in [2.75, 3.05) is 44.5 Å². The lowest BCUT2D eigenvalue weighted by molar-refractivity contribution is -0.384. The van der Waals surface area contributed by atoms with Gasteiger partial charge in [0.25, 0.3) is 5.69 Å². The van der Waals surface area contributed by atoms with Crippen molar-refractivity contribution in [2.45, 2.75) is 26.0 Å². The number of nitro groups is 1. The van der Waals surface area contributed by atoms with E-state index < -0.39 is 5.97 Å². The summed E-state index contributed by atoms with van der Waals surface area (Å²) in [5, 5.41) is 16.3. The smallest absolute Gasteiger partial charge is 0.342 e. The van der Waals surface area contributed by atoms with Gasteiger partial charge in [-0.25, -0.2) is 14.8 Å². The van der Waals surface area contributed by atoms with E-state index in [-0.39, 0.29) is 34.3 Å². The van der Waals surface area contributed by atoms with Crippen LogP contribution in [0.2, 0.25) is 0 Å². The first-order chi connectivity index (χ1) is 20.6. The fourth-order valence-corrected chi connectivity index (χ4v) is 6.42. The number of carbonyl (C=O) groups excluding carboxylic acids is 1. The van der Waals surface area contributed by atoms with E-state index in [0.717, 1.165) is 29.6 Å². The van der Waals surface area contributed by atoms with Crippen molar-refractivity contribution in [2.24, 2.45) is 18.9 Å². The lowest BCUT2D eigenvalue weighted by atomic mass is 10.1. The van der Waals surface area contributed by atoms with Crippen LogP contribution in [0, 0.1) is 22.0 Å². The second-order valence-electron chi connectivity index (χ2n) is 11.7. The Hall–Kier alpha value is -4.71. The molecule has 1 unspecified atom stereocenters. The monoisotopic (exact) mass is 585 g/mol. The van der Waals surface area contributed by atoms with Gasteiger partial charge < -0.3 is 29.2 Å². The number of rotatable bonds is 9. The molecule has 1 aliphatic carbocycles. The van der Waals surface area contributed by atoms with E-state index in [1.54, 1.807) is 19.9 Å². The summed E-state index contributed by atoms with van der Waals surface area (Å²) in [5.41, 5.74) is 3.09. The summed E-state index contributed by atoms with van der Waals surface area (Å²) in [6.07, 6.45) is 3.00. The molecule has 12 heteroatoms. The van der Waals surface area contributed by atoms with Crippen molar-refractivity contribution in [3.63, 3.8) is 0 Å². The summed E-state index contributed by atoms with van der Waals surface area (Å²) in [4.78, 5) is 38.4. The molecular formula is C31H35N7O5. The molecule has 3 heterocycles. The first-order valence-electron chi connectivity index (χ1n) is 14.2. The van der Waals surface area contributed by atoms with Crippen LogP contribution in [0.3, 0.4) is 0 Å². The molecule has 0 amide bonds. The second-order valence-corrected chi connectivity index (χ2v) is 11.7. The number of esters is 1. The Morgan fingerprint density at radius 3 is 2.58 bits per heavy atom. The third kappa shape index (κ3) is 5.11. The number of nitrogens with one attached hydrogen (secondary N) is 1. The zero-order chi connectivity index (χ0) is 30.6. The van der Waals surface area contributed by atoms with E-state index in [4.69, 9.17) is 14.5 Å². The first-order valence-corrected chi connectivity index (χ1v) is 14.2. The summed E-state index contributed by atoms with van der Waals surface area (Å²) < 4.78 is 13.1. The molecule has 0 radical (unpaired) electrons. The van der Waals surface area contributed by atoms with E-state index in [9.17, 15) is 14.9 Å². The predicted octanol–water partition coefficient (Wildman–Crippen LogP) is 4.86. The number of ether oxygens (including phenoxy) is 2. The third-order valence-corrected chi connectivity index (χ3v) is 8.40. The normalized spacial score (nSPS) is 19.4. The molecule has 1 saturated heterocycles. The zero-order valence-corrected chi connectivity index (χ0v) is 25.1. The minimum Gasteiger partial charge on any atom is -0.494 e. The molecule has 1 saturated carbocycles. The van der Waals surface area contributed by atoms with Crippen molar-refractivity contribution >= 4 is 39.9 Å². The van der Waals surface area contributed by atoms with Crippen LogP contribution >= 0.6 is 0 Å². The van der Waals surface area contributed by atoms with Crippen molar-refractivity contribution in [1.82, 2.24) is 19.4 Å². The molecule has 4 aromatic rings. The summed E-state index contributed by atoms with van der Waals surface area (Å²) in [7, 11) is 7.45. The minimum absolute atomic E-state index is 0.0458. The van der Waals surface area contributed by atoms with Gasteiger partial charge in [-0.3, -0.25) is 10.1 Å². The molecule has 6 rings (SSSR count). The maximum Gasteiger partial charge on any atom is 0.342 e. The number of fused-ring (bicyclic) bond motifs is 2. The van der Waals surface area contributed by atoms with Crippen molar-refractivity contribution in [3.8, 4) is 17.0 Å². The van der Waals surface area contributed by atoms with E-state index in [0.29, 0.717) is 34.7 Å². The number of piperidine rings is 1. The van der Waals surface area contributed by atoms with E-state index in [2.05, 4.69) is 22.2 Å². The Morgan fingerprint density at radius 2 is 1.91 bits per heavy atom. The highest BCUT2D eigenvalue weighted by atomic mass is 16.6. The van der Waals surface area contributed by atoms with Gasteiger partial charge in [-0.2, -0.15) is 0 Å². The molecule has 0 bridgehead atoms. The Kier molecular flexibility index (Phi) is 7.17. The summed E-state index contributed by atoms with van der Waals surface area (Å²) in [6.45, 7) is 5.53. The summed E-state index contributed by atoms with van der Waals surface area (Å²) in [6, 6.07) is 11.2.